The van der Waals surface area contributed by atoms with E-state index in [1.54, 1.807) is 0 Å². The van der Waals surface area contributed by atoms with E-state index in [0.29, 0.717) is 0 Å². The lowest BCUT2D eigenvalue weighted by Gasteiger charge is -2.26. The van der Waals surface area contributed by atoms with Gasteiger partial charge in [-0.1, -0.05) is 61.7 Å². The normalized spacial score (nSPS) is 21.4. The largest absolute Gasteiger partial charge is 0.0625 e. The Labute approximate surface area is 141 Å². The van der Waals surface area contributed by atoms with Crippen molar-refractivity contribution in [2.75, 3.05) is 0 Å². The monoisotopic (exact) mass is 306 g/mol. The Kier molecular flexibility index (Phi) is 4.90. The molecule has 0 amide bonds. The van der Waals surface area contributed by atoms with Gasteiger partial charge in [0.2, 0.25) is 0 Å². The Bertz CT molecular complexity index is 632. The van der Waals surface area contributed by atoms with Gasteiger partial charge in [0.05, 0.1) is 0 Å². The molecular weight excluding hydrogens is 276 g/mol. The molecule has 1 aliphatic rings. The minimum absolute atomic E-state index is 0.898. The van der Waals surface area contributed by atoms with Crippen LogP contribution < -0.4 is 0 Å². The first-order chi connectivity index (χ1) is 11.0. The highest BCUT2D eigenvalue weighted by atomic mass is 14.2. The van der Waals surface area contributed by atoms with Crippen molar-refractivity contribution in [3.63, 3.8) is 0 Å². The zero-order valence-electron chi connectivity index (χ0n) is 15.2. The van der Waals surface area contributed by atoms with Crippen LogP contribution in [0, 0.1) is 32.6 Å². The van der Waals surface area contributed by atoms with Gasteiger partial charge in [-0.25, -0.2) is 0 Å². The van der Waals surface area contributed by atoms with Gasteiger partial charge in [0.1, 0.15) is 0 Å². The van der Waals surface area contributed by atoms with Gasteiger partial charge in [-0.05, 0) is 79.7 Å². The van der Waals surface area contributed by atoms with Gasteiger partial charge in [-0.2, -0.15) is 0 Å². The van der Waals surface area contributed by atoms with Gasteiger partial charge in [0.25, 0.3) is 0 Å². The summed E-state index contributed by atoms with van der Waals surface area (Å²) >= 11 is 0. The van der Waals surface area contributed by atoms with E-state index in [0.717, 1.165) is 11.8 Å². The fourth-order valence-corrected chi connectivity index (χ4v) is 4.21. The van der Waals surface area contributed by atoms with Crippen molar-refractivity contribution >= 4 is 0 Å². The molecule has 3 rings (SSSR count). The third kappa shape index (κ3) is 3.86. The number of hydrogen-bond donors (Lipinski definition) is 0. The van der Waals surface area contributed by atoms with Crippen molar-refractivity contribution in [3.8, 4) is 11.1 Å². The maximum Gasteiger partial charge on any atom is -0.0125 e. The molecule has 2 aromatic rings. The Morgan fingerprint density at radius 2 is 1.39 bits per heavy atom. The maximum absolute atomic E-state index is 2.43. The molecule has 1 fully saturated rings. The molecule has 0 spiro atoms. The Hall–Kier alpha value is -1.56. The van der Waals surface area contributed by atoms with Crippen LogP contribution in [-0.4, -0.2) is 0 Å². The van der Waals surface area contributed by atoms with E-state index in [9.17, 15) is 0 Å². The molecule has 23 heavy (non-hydrogen) atoms. The van der Waals surface area contributed by atoms with Crippen molar-refractivity contribution in [3.05, 3.63) is 58.7 Å². The first-order valence-electron chi connectivity index (χ1n) is 9.20. The lowest BCUT2D eigenvalue weighted by atomic mass is 9.79. The molecule has 1 saturated carbocycles. The van der Waals surface area contributed by atoms with Gasteiger partial charge in [0, 0.05) is 0 Å². The van der Waals surface area contributed by atoms with Crippen LogP contribution in [0.3, 0.4) is 0 Å². The van der Waals surface area contributed by atoms with E-state index >= 15 is 0 Å². The topological polar surface area (TPSA) is 0 Å². The van der Waals surface area contributed by atoms with E-state index in [2.05, 4.69) is 64.1 Å². The van der Waals surface area contributed by atoms with Crippen LogP contribution in [0.5, 0.6) is 0 Å². The highest BCUT2D eigenvalue weighted by Crippen LogP contribution is 2.33. The second kappa shape index (κ2) is 6.91. The molecule has 0 nitrogen and oxygen atoms in total. The highest BCUT2D eigenvalue weighted by molar-refractivity contribution is 5.71. The van der Waals surface area contributed by atoms with Gasteiger partial charge >= 0.3 is 0 Å². The van der Waals surface area contributed by atoms with Crippen LogP contribution in [0.25, 0.3) is 11.1 Å². The molecule has 0 aromatic heterocycles. The second-order valence-corrected chi connectivity index (χ2v) is 7.80. The summed E-state index contributed by atoms with van der Waals surface area (Å²) in [6, 6.07) is 13.8. The SMILES string of the molecule is Cc1ccc(-c2c(C)cc(CC3CCC(C)CC3)cc2C)cc1. The first kappa shape index (κ1) is 16.3. The molecule has 0 unspecified atom stereocenters. The number of aryl methyl sites for hydroxylation is 3. The Morgan fingerprint density at radius 3 is 1.96 bits per heavy atom. The second-order valence-electron chi connectivity index (χ2n) is 7.80. The smallest absolute Gasteiger partial charge is 0.0125 e. The van der Waals surface area contributed by atoms with Crippen LogP contribution >= 0.6 is 0 Å². The van der Waals surface area contributed by atoms with Crippen LogP contribution in [0.1, 0.15) is 54.9 Å². The van der Waals surface area contributed by atoms with Crippen LogP contribution in [0.15, 0.2) is 36.4 Å². The van der Waals surface area contributed by atoms with Crippen molar-refractivity contribution in [1.29, 1.82) is 0 Å². The van der Waals surface area contributed by atoms with E-state index in [-0.39, 0.29) is 0 Å². The predicted molar refractivity (Wildman–Crippen MR) is 101 cm³/mol. The summed E-state index contributed by atoms with van der Waals surface area (Å²) in [5.41, 5.74) is 8.48. The molecular formula is C23H30. The fourth-order valence-electron chi connectivity index (χ4n) is 4.21. The Morgan fingerprint density at radius 1 is 0.826 bits per heavy atom. The summed E-state index contributed by atoms with van der Waals surface area (Å²) in [5.74, 6) is 1.84. The van der Waals surface area contributed by atoms with Crippen LogP contribution in [0.4, 0.5) is 0 Å². The van der Waals surface area contributed by atoms with E-state index in [1.165, 1.54) is 65.5 Å². The highest BCUT2D eigenvalue weighted by Gasteiger charge is 2.19. The molecule has 1 aliphatic carbocycles. The molecule has 0 saturated heterocycles. The lowest BCUT2D eigenvalue weighted by Crippen LogP contribution is -2.14. The average molecular weight is 306 g/mol. The predicted octanol–water partition coefficient (Wildman–Crippen LogP) is 6.65. The van der Waals surface area contributed by atoms with E-state index in [1.807, 2.05) is 0 Å². The van der Waals surface area contributed by atoms with E-state index in [4.69, 9.17) is 0 Å². The molecule has 0 radical (unpaired) electrons. The molecule has 2 aromatic carbocycles. The molecule has 0 N–H and O–H groups in total. The Balaban J connectivity index is 1.81. The molecule has 0 heterocycles. The van der Waals surface area contributed by atoms with Gasteiger partial charge in [0.15, 0.2) is 0 Å². The molecule has 0 atom stereocenters. The first-order valence-corrected chi connectivity index (χ1v) is 9.20. The molecule has 0 heteroatoms. The van der Waals surface area contributed by atoms with Gasteiger partial charge < -0.3 is 0 Å². The minimum atomic E-state index is 0.898. The van der Waals surface area contributed by atoms with Crippen molar-refractivity contribution in [2.45, 2.75) is 59.8 Å². The minimum Gasteiger partial charge on any atom is -0.0625 e. The summed E-state index contributed by atoms with van der Waals surface area (Å²) < 4.78 is 0. The number of benzene rings is 2. The van der Waals surface area contributed by atoms with Crippen molar-refractivity contribution in [2.24, 2.45) is 11.8 Å². The zero-order valence-corrected chi connectivity index (χ0v) is 15.2. The third-order valence-electron chi connectivity index (χ3n) is 5.59. The van der Waals surface area contributed by atoms with Gasteiger partial charge in [-0.15, -0.1) is 0 Å². The average Bonchev–Trinajstić information content (AvgIpc) is 2.51. The zero-order chi connectivity index (χ0) is 16.4. The summed E-state index contributed by atoms with van der Waals surface area (Å²) in [4.78, 5) is 0. The van der Waals surface area contributed by atoms with Crippen LogP contribution in [0.2, 0.25) is 0 Å². The summed E-state index contributed by atoms with van der Waals surface area (Å²) in [6.45, 7) is 9.10. The molecule has 0 aliphatic heterocycles. The maximum atomic E-state index is 2.43. The molecule has 122 valence electrons. The van der Waals surface area contributed by atoms with Gasteiger partial charge in [-0.3, -0.25) is 0 Å². The summed E-state index contributed by atoms with van der Waals surface area (Å²) in [7, 11) is 0. The van der Waals surface area contributed by atoms with Crippen LogP contribution in [-0.2, 0) is 6.42 Å². The summed E-state index contributed by atoms with van der Waals surface area (Å²) in [6.07, 6.45) is 6.94. The quantitative estimate of drug-likeness (QED) is 0.595. The lowest BCUT2D eigenvalue weighted by molar-refractivity contribution is 0.289. The number of hydrogen-bond acceptors (Lipinski definition) is 0. The third-order valence-corrected chi connectivity index (χ3v) is 5.59. The fraction of sp³-hybridized carbons (Fsp3) is 0.478. The van der Waals surface area contributed by atoms with E-state index < -0.39 is 0 Å². The molecule has 0 bridgehead atoms. The summed E-state index contributed by atoms with van der Waals surface area (Å²) in [5, 5.41) is 0. The number of rotatable bonds is 3. The standard InChI is InChI=1S/C23H30/c1-16-5-9-20(10-6-16)15-21-13-18(3)23(19(4)14-21)22-11-7-17(2)8-12-22/h7-8,11-14,16,20H,5-6,9-10,15H2,1-4H3. The van der Waals surface area contributed by atoms with Crippen molar-refractivity contribution < 1.29 is 0 Å². The van der Waals surface area contributed by atoms with Crippen molar-refractivity contribution in [1.82, 2.24) is 0 Å².